The predicted octanol–water partition coefficient (Wildman–Crippen LogP) is 2.45. The largest absolute Gasteiger partial charge is 1.00 e. The van der Waals surface area contributed by atoms with Crippen molar-refractivity contribution in [2.45, 2.75) is 68.5 Å². The SMILES string of the molecule is Br.C.C.C.CC(=O)Nc1csc(-c2cnc(C(F)(F)F)nc2)n1.CC(=O)Nc1csc(Br)n1.CO.Nc1csc(-c2cnc(C(F)(F)F)nc2)n1.Nc1csc(Br)n1.O.O.O=CO[O-].[2H]CC.[B]c1cnc(C(F)(F)F)nc1.[Cs+].[Cs+].[H-]. The van der Waals surface area contributed by atoms with Crippen molar-refractivity contribution in [1.82, 2.24) is 49.8 Å². The minimum absolute atomic E-state index is 0. The van der Waals surface area contributed by atoms with Crippen LogP contribution >= 0.6 is 94.2 Å². The van der Waals surface area contributed by atoms with Gasteiger partial charge in [0, 0.05) is 92.2 Å². The fourth-order valence-electron chi connectivity index (χ4n) is 3.47. The van der Waals surface area contributed by atoms with Gasteiger partial charge in [0.2, 0.25) is 29.3 Å². The number of nitrogen functional groups attached to an aromatic ring is 2. The van der Waals surface area contributed by atoms with Gasteiger partial charge in [-0.15, -0.1) is 62.3 Å². The maximum absolute atomic E-state index is 12.3. The molecule has 0 aliphatic rings. The third-order valence-electron chi connectivity index (χ3n) is 5.87. The van der Waals surface area contributed by atoms with Crippen molar-refractivity contribution in [2.24, 2.45) is 0 Å². The Bertz CT molecular complexity index is 2660. The number of hydrogen-bond acceptors (Lipinski definition) is 22. The molecule has 0 aliphatic heterocycles. The molecule has 7 rings (SSSR count). The van der Waals surface area contributed by atoms with Crippen LogP contribution in [-0.4, -0.2) is 99.1 Å². The van der Waals surface area contributed by atoms with Crippen LogP contribution in [0.5, 0.6) is 0 Å². The number of hydrogen-bond donors (Lipinski definition) is 5. The molecule has 2 radical (unpaired) electrons. The van der Waals surface area contributed by atoms with Crippen molar-refractivity contribution in [2.75, 3.05) is 29.2 Å². The molecule has 0 atom stereocenters. The van der Waals surface area contributed by atoms with E-state index >= 15 is 0 Å². The number of aromatic nitrogens is 10. The molecule has 0 bridgehead atoms. The normalized spacial score (nSPS) is 9.30. The third kappa shape index (κ3) is 43.0. The molecular formula is C38H51BBr3Cs2F9N14O8S4. The second-order valence-corrected chi connectivity index (χ2v) is 17.1. The molecule has 0 saturated carbocycles. The number of nitrogens with two attached hydrogens (primary N) is 2. The maximum atomic E-state index is 12.3. The number of amides is 2. The van der Waals surface area contributed by atoms with Crippen LogP contribution in [0, 0.1) is 0 Å². The van der Waals surface area contributed by atoms with Crippen LogP contribution in [0.4, 0.5) is 62.8 Å². The van der Waals surface area contributed by atoms with Crippen molar-refractivity contribution in [3.63, 3.8) is 0 Å². The van der Waals surface area contributed by atoms with Gasteiger partial charge >= 0.3 is 156 Å². The smallest absolute Gasteiger partial charge is 1.00 e. The molecule has 0 unspecified atom stereocenters. The first-order chi connectivity index (χ1) is 33.6. The zero-order valence-electron chi connectivity index (χ0n) is 41.4. The minimum atomic E-state index is -4.57. The van der Waals surface area contributed by atoms with Crippen LogP contribution in [0.3, 0.4) is 0 Å². The Labute approximate surface area is 612 Å². The Morgan fingerprint density at radius 3 is 1.19 bits per heavy atom. The molecule has 2 amide bonds. The summed E-state index contributed by atoms with van der Waals surface area (Å²) < 4.78 is 116. The van der Waals surface area contributed by atoms with E-state index in [0.717, 1.165) is 52.1 Å². The molecule has 11 N–H and O–H groups in total. The zero-order chi connectivity index (χ0) is 55.2. The number of anilines is 4. The van der Waals surface area contributed by atoms with Crippen molar-refractivity contribution in [3.8, 4) is 21.1 Å². The summed E-state index contributed by atoms with van der Waals surface area (Å²) in [5.41, 5.74) is 11.5. The quantitative estimate of drug-likeness (QED) is 0.0543. The summed E-state index contributed by atoms with van der Waals surface area (Å²) in [5, 5.41) is 28.1. The van der Waals surface area contributed by atoms with E-state index in [2.05, 4.69) is 97.2 Å². The molecule has 22 nitrogen and oxygen atoms in total. The number of halogens is 12. The summed E-state index contributed by atoms with van der Waals surface area (Å²) in [6.45, 7) is 4.90. The number of thiazole rings is 4. The van der Waals surface area contributed by atoms with E-state index in [4.69, 9.17) is 35.8 Å². The van der Waals surface area contributed by atoms with E-state index in [9.17, 15) is 49.1 Å². The Kier molecular flexibility index (Phi) is 60.7. The van der Waals surface area contributed by atoms with E-state index in [1.54, 1.807) is 28.4 Å². The van der Waals surface area contributed by atoms with Crippen LogP contribution < -0.4 is 171 Å². The van der Waals surface area contributed by atoms with Crippen LogP contribution in [0.15, 0.2) is 66.5 Å². The number of nitrogens with one attached hydrogen (secondary N) is 2. The standard InChI is InChI=1S/C10H7F3N4OS.C8H5F3N4S.C5H2BF3N2.C5H5BrN2OS.C3H3BrN2S.C2H6.CH2O3.CH4O.3CH4.BrH.2Cs.2H2O.H/c1-5(18)16-7-4-19-8(17-7)6-2-14-9(15-3-6)10(11,12)13;9-8(10,11)7-13-1-4(2-14-7)6-15-5(12)3-16-6;6-3-1-10-4(11-2-3)5(7,8)9;1-3(9)7-4-2-10-5(6)8-4;4-3-6-2(5)1-7-3;1-2;2-1-4-3;1-2;;;;;;;;;/h2-4H,1H3,(H,16,18);1-3H,12H2;1-2H;2H,1H3,(H,7,9);1H,5H2;1-2H3;1,3H;2H,1H3;3*1H4;1H;;;2*1H2;/q;;;;;;;;;;;;2*+1;;;-1/p-1/i;;;;;1D;;;;;;;;;;;. The van der Waals surface area contributed by atoms with E-state index < -0.39 is 36.0 Å². The average molecular weight is 1650 g/mol. The summed E-state index contributed by atoms with van der Waals surface area (Å²) >= 11 is 11.6. The fraction of sp³-hybridized carbons (Fsp3) is 0.289. The average Bonchev–Trinajstić information content (AvgIpc) is 4.14. The zero-order valence-corrected chi connectivity index (χ0v) is 60.2. The number of aliphatic hydroxyl groups excluding tert-OH is 1. The molecule has 79 heavy (non-hydrogen) atoms. The second-order valence-electron chi connectivity index (χ2n) is 11.1. The van der Waals surface area contributed by atoms with Crippen molar-refractivity contribution >= 4 is 149 Å². The summed E-state index contributed by atoms with van der Waals surface area (Å²) in [4.78, 5) is 67.2. The molecule has 0 spiro atoms. The van der Waals surface area contributed by atoms with Crippen molar-refractivity contribution in [3.05, 3.63) is 84.0 Å². The summed E-state index contributed by atoms with van der Waals surface area (Å²) in [7, 11) is 6.08. The van der Waals surface area contributed by atoms with Gasteiger partial charge < -0.3 is 49.7 Å². The number of nitrogens with zero attached hydrogens (tertiary/aromatic N) is 10. The van der Waals surface area contributed by atoms with E-state index in [0.29, 0.717) is 51.3 Å². The van der Waals surface area contributed by atoms with Crippen LogP contribution in [-0.2, 0) is 37.8 Å². The maximum Gasteiger partial charge on any atom is 1.00 e. The molecule has 0 aliphatic carbocycles. The molecular weight excluding hydrogens is 1600 g/mol. The fourth-order valence-corrected chi connectivity index (χ4v) is 6.74. The van der Waals surface area contributed by atoms with E-state index in [1.165, 1.54) is 59.2 Å². The topological polar surface area (TPSA) is 372 Å². The molecule has 41 heteroatoms. The summed E-state index contributed by atoms with van der Waals surface area (Å²) in [5.74, 6) is -2.07. The second kappa shape index (κ2) is 51.0. The molecule has 0 saturated heterocycles. The van der Waals surface area contributed by atoms with Gasteiger partial charge in [0.25, 0.3) is 6.47 Å². The minimum Gasteiger partial charge on any atom is -1.00 e. The predicted molar refractivity (Wildman–Crippen MR) is 291 cm³/mol. The van der Waals surface area contributed by atoms with Gasteiger partial charge in [-0.1, -0.05) is 41.6 Å². The molecule has 7 heterocycles. The number of carbonyl (C=O) groups excluding carboxylic acids is 3. The Morgan fingerprint density at radius 2 is 0.937 bits per heavy atom. The van der Waals surface area contributed by atoms with Gasteiger partial charge in [-0.3, -0.25) is 14.4 Å². The van der Waals surface area contributed by atoms with Crippen molar-refractivity contribution < 1.29 is 221 Å². The first kappa shape index (κ1) is 94.0. The van der Waals surface area contributed by atoms with E-state index in [-0.39, 0.29) is 213 Å². The molecule has 0 fully saturated rings. The molecule has 7 aromatic rings. The number of carbonyl (C=O) groups is 3. The van der Waals surface area contributed by atoms with Gasteiger partial charge in [0.1, 0.15) is 41.1 Å². The van der Waals surface area contributed by atoms with E-state index in [1.807, 2.05) is 0 Å². The number of alkyl halides is 9. The van der Waals surface area contributed by atoms with Gasteiger partial charge in [-0.25, -0.2) is 49.8 Å². The van der Waals surface area contributed by atoms with Crippen LogP contribution in [0.1, 0.15) is 70.2 Å². The molecule has 7 aromatic heterocycles. The molecule has 434 valence electrons. The number of rotatable bonds is 5. The van der Waals surface area contributed by atoms with Crippen LogP contribution in [0.25, 0.3) is 21.1 Å². The monoisotopic (exact) mass is 1640 g/mol. The first-order valence-corrected chi connectivity index (χ1v) is 22.8. The van der Waals surface area contributed by atoms with Crippen LogP contribution in [0.2, 0.25) is 0 Å². The Morgan fingerprint density at radius 1 is 0.658 bits per heavy atom. The summed E-state index contributed by atoms with van der Waals surface area (Å²) in [6.07, 6.45) is -7.51. The Balaban J connectivity index is -0.0000000935. The van der Waals surface area contributed by atoms with Gasteiger partial charge in [0.05, 0.1) is 0 Å². The number of aliphatic hydroxyl groups is 1. The summed E-state index contributed by atoms with van der Waals surface area (Å²) in [6, 6.07) is 0. The van der Waals surface area contributed by atoms with Gasteiger partial charge in [0.15, 0.2) is 7.83 Å². The Hall–Kier alpha value is -1.41. The first-order valence-electron chi connectivity index (χ1n) is 18.4. The van der Waals surface area contributed by atoms with Gasteiger partial charge in [-0.2, -0.15) is 39.5 Å². The third-order valence-corrected chi connectivity index (χ3v) is 10.4. The van der Waals surface area contributed by atoms with Crippen molar-refractivity contribution in [1.29, 1.82) is 0 Å². The van der Waals surface area contributed by atoms with Gasteiger partial charge in [-0.05, 0) is 31.9 Å². The molecule has 0 aromatic carbocycles.